The van der Waals surface area contributed by atoms with Crippen molar-refractivity contribution in [2.24, 2.45) is 7.05 Å². The molecule has 2 aromatic carbocycles. The summed E-state index contributed by atoms with van der Waals surface area (Å²) >= 11 is 0. The monoisotopic (exact) mass is 525 g/mol. The zero-order valence-electron chi connectivity index (χ0n) is 23.7. The molecule has 0 aliphatic carbocycles. The molecule has 1 N–H and O–H groups in total. The van der Waals surface area contributed by atoms with Crippen LogP contribution >= 0.6 is 0 Å². The van der Waals surface area contributed by atoms with Gasteiger partial charge < -0.3 is 15.1 Å². The highest BCUT2D eigenvalue weighted by atomic mass is 16.1. The van der Waals surface area contributed by atoms with E-state index in [0.717, 1.165) is 83.9 Å². The van der Waals surface area contributed by atoms with Gasteiger partial charge in [0.15, 0.2) is 0 Å². The summed E-state index contributed by atoms with van der Waals surface area (Å²) in [6.45, 7) is 11.0. The summed E-state index contributed by atoms with van der Waals surface area (Å²) < 4.78 is 3.73. The molecule has 1 atom stereocenters. The largest absolute Gasteiger partial charge is 0.370 e. The first-order chi connectivity index (χ1) is 18.8. The molecule has 1 aliphatic rings. The number of carbonyl (C=O) groups is 1. The summed E-state index contributed by atoms with van der Waals surface area (Å²) in [6.07, 6.45) is 6.99. The summed E-state index contributed by atoms with van der Waals surface area (Å²) in [4.78, 5) is 18.3. The molecule has 1 saturated heterocycles. The fourth-order valence-electron chi connectivity index (χ4n) is 5.19. The van der Waals surface area contributed by atoms with Crippen molar-refractivity contribution in [3.63, 3.8) is 0 Å². The lowest BCUT2D eigenvalue weighted by molar-refractivity contribution is 0.0939. The van der Waals surface area contributed by atoms with Crippen LogP contribution in [-0.2, 0) is 13.6 Å². The van der Waals surface area contributed by atoms with Crippen molar-refractivity contribution >= 4 is 11.6 Å². The Bertz CT molecular complexity index is 1450. The third kappa shape index (κ3) is 6.06. The molecule has 1 fully saturated rings. The van der Waals surface area contributed by atoms with Crippen LogP contribution in [-0.4, -0.2) is 63.6 Å². The lowest BCUT2D eigenvalue weighted by Crippen LogP contribution is -2.30. The maximum absolute atomic E-state index is 13.6. The van der Waals surface area contributed by atoms with Gasteiger partial charge in [-0.05, 0) is 93.9 Å². The maximum Gasteiger partial charge on any atom is 0.252 e. The van der Waals surface area contributed by atoms with Crippen molar-refractivity contribution in [1.82, 2.24) is 29.8 Å². The number of anilines is 1. The van der Waals surface area contributed by atoms with Crippen molar-refractivity contribution in [1.29, 1.82) is 0 Å². The Balaban J connectivity index is 1.42. The number of amides is 1. The minimum Gasteiger partial charge on any atom is -0.370 e. The molecule has 8 nitrogen and oxygen atoms in total. The van der Waals surface area contributed by atoms with Gasteiger partial charge in [0, 0.05) is 68.0 Å². The second-order valence-electron chi connectivity index (χ2n) is 10.6. The van der Waals surface area contributed by atoms with Gasteiger partial charge >= 0.3 is 0 Å². The Kier molecular flexibility index (Phi) is 7.84. The zero-order chi connectivity index (χ0) is 27.5. The number of aromatic nitrogens is 4. The van der Waals surface area contributed by atoms with E-state index in [9.17, 15) is 4.79 Å². The predicted octanol–water partition coefficient (Wildman–Crippen LogP) is 4.91. The molecular weight excluding hydrogens is 486 g/mol. The van der Waals surface area contributed by atoms with Gasteiger partial charge in [-0.25, -0.2) is 0 Å². The first-order valence-electron chi connectivity index (χ1n) is 13.8. The topological polar surface area (TPSA) is 71.2 Å². The highest BCUT2D eigenvalue weighted by Gasteiger charge is 2.19. The third-order valence-electron chi connectivity index (χ3n) is 7.65. The van der Waals surface area contributed by atoms with E-state index in [1.165, 1.54) is 0 Å². The number of nitrogens with one attached hydrogen (secondary N) is 1. The van der Waals surface area contributed by atoms with Crippen LogP contribution in [0.4, 0.5) is 5.69 Å². The molecule has 1 amide bonds. The molecular formula is C31H39N7O. The molecule has 0 bridgehead atoms. The molecule has 8 heteroatoms. The zero-order valence-corrected chi connectivity index (χ0v) is 23.7. The Morgan fingerprint density at radius 2 is 1.82 bits per heavy atom. The van der Waals surface area contributed by atoms with Crippen molar-refractivity contribution in [3.05, 3.63) is 77.7 Å². The Morgan fingerprint density at radius 1 is 1.00 bits per heavy atom. The molecule has 3 heterocycles. The van der Waals surface area contributed by atoms with Gasteiger partial charge in [0.05, 0.1) is 17.9 Å². The molecule has 39 heavy (non-hydrogen) atoms. The van der Waals surface area contributed by atoms with Crippen LogP contribution in [0, 0.1) is 6.92 Å². The van der Waals surface area contributed by atoms with Gasteiger partial charge in [0.2, 0.25) is 0 Å². The van der Waals surface area contributed by atoms with Crippen LogP contribution in [0.2, 0.25) is 0 Å². The van der Waals surface area contributed by atoms with Crippen LogP contribution in [0.1, 0.15) is 47.8 Å². The molecule has 204 valence electrons. The number of hydrogen-bond acceptors (Lipinski definition) is 5. The minimum atomic E-state index is -0.198. The fourth-order valence-corrected chi connectivity index (χ4v) is 5.19. The number of nitrogens with zero attached hydrogens (tertiary/aromatic N) is 6. The highest BCUT2D eigenvalue weighted by molar-refractivity contribution is 5.97. The number of aryl methyl sites for hydroxylation is 3. The number of rotatable bonds is 7. The van der Waals surface area contributed by atoms with Crippen LogP contribution < -0.4 is 10.2 Å². The molecule has 4 aromatic rings. The summed E-state index contributed by atoms with van der Waals surface area (Å²) in [5, 5.41) is 12.4. The molecule has 1 aliphatic heterocycles. The molecule has 0 radical (unpaired) electrons. The van der Waals surface area contributed by atoms with Gasteiger partial charge in [-0.15, -0.1) is 0 Å². The minimum absolute atomic E-state index is 0.0580. The molecule has 0 spiro atoms. The van der Waals surface area contributed by atoms with Crippen LogP contribution in [0.5, 0.6) is 0 Å². The number of benzene rings is 2. The lowest BCUT2D eigenvalue weighted by atomic mass is 9.96. The van der Waals surface area contributed by atoms with Gasteiger partial charge in [0.25, 0.3) is 5.91 Å². The van der Waals surface area contributed by atoms with E-state index in [0.29, 0.717) is 0 Å². The standard InChI is InChI=1S/C31H39N7O/c1-6-38-13-10-30(34-38)26-17-24(16-25(18-26)27-20-32-36(5)21-27)23(3)33-31(39)29-19-28(9-8-22(29)2)37-12-7-11-35(4)14-15-37/h8-10,13,16-21,23H,6-7,11-12,14-15H2,1-5H3,(H,33,39)/t23-/m1/s1. The van der Waals surface area contributed by atoms with Crippen LogP contribution in [0.3, 0.4) is 0 Å². The summed E-state index contributed by atoms with van der Waals surface area (Å²) in [7, 11) is 4.09. The van der Waals surface area contributed by atoms with Gasteiger partial charge in [-0.2, -0.15) is 10.2 Å². The molecule has 0 saturated carbocycles. The summed E-state index contributed by atoms with van der Waals surface area (Å²) in [6, 6.07) is 14.5. The Hall–Kier alpha value is -3.91. The molecule has 2 aromatic heterocycles. The van der Waals surface area contributed by atoms with E-state index in [1.807, 2.05) is 50.2 Å². The highest BCUT2D eigenvalue weighted by Crippen LogP contribution is 2.30. The first-order valence-corrected chi connectivity index (χ1v) is 13.8. The SMILES string of the molecule is CCn1ccc(-c2cc(-c3cnn(C)c3)cc([C@@H](C)NC(=O)c3cc(N4CCCN(C)CC4)ccc3C)c2)n1. The van der Waals surface area contributed by atoms with Crippen molar-refractivity contribution in [3.8, 4) is 22.4 Å². The second kappa shape index (κ2) is 11.5. The quantitative estimate of drug-likeness (QED) is 0.371. The van der Waals surface area contributed by atoms with Crippen LogP contribution in [0.25, 0.3) is 22.4 Å². The van der Waals surface area contributed by atoms with E-state index < -0.39 is 0 Å². The van der Waals surface area contributed by atoms with E-state index in [4.69, 9.17) is 5.10 Å². The number of carbonyl (C=O) groups excluding carboxylic acids is 1. The molecule has 0 unspecified atom stereocenters. The Labute approximate surface area is 231 Å². The van der Waals surface area contributed by atoms with E-state index in [1.54, 1.807) is 4.68 Å². The van der Waals surface area contributed by atoms with Gasteiger partial charge in [0.1, 0.15) is 0 Å². The average molecular weight is 526 g/mol. The Morgan fingerprint density at radius 3 is 2.56 bits per heavy atom. The maximum atomic E-state index is 13.6. The summed E-state index contributed by atoms with van der Waals surface area (Å²) in [5.74, 6) is -0.0580. The molecule has 5 rings (SSSR count). The predicted molar refractivity (Wildman–Crippen MR) is 157 cm³/mol. The third-order valence-corrected chi connectivity index (χ3v) is 7.65. The lowest BCUT2D eigenvalue weighted by Gasteiger charge is -2.24. The smallest absolute Gasteiger partial charge is 0.252 e. The number of likely N-dealkylation sites (N-methyl/N-ethyl adjacent to an activating group) is 1. The summed E-state index contributed by atoms with van der Waals surface area (Å²) in [5.41, 5.74) is 7.84. The van der Waals surface area contributed by atoms with Gasteiger partial charge in [-0.3, -0.25) is 14.2 Å². The second-order valence-corrected chi connectivity index (χ2v) is 10.6. The van der Waals surface area contributed by atoms with E-state index in [2.05, 4.69) is 70.6 Å². The fraction of sp³-hybridized carbons (Fsp3) is 0.387. The number of hydrogen-bond donors (Lipinski definition) is 1. The van der Waals surface area contributed by atoms with Crippen LogP contribution in [0.15, 0.2) is 61.1 Å². The van der Waals surface area contributed by atoms with Crippen molar-refractivity contribution < 1.29 is 4.79 Å². The normalized spacial score (nSPS) is 15.3. The van der Waals surface area contributed by atoms with Gasteiger partial charge in [-0.1, -0.05) is 6.07 Å². The van der Waals surface area contributed by atoms with Crippen molar-refractivity contribution in [2.45, 2.75) is 39.8 Å². The van der Waals surface area contributed by atoms with E-state index >= 15 is 0 Å². The van der Waals surface area contributed by atoms with E-state index in [-0.39, 0.29) is 11.9 Å². The van der Waals surface area contributed by atoms with Crippen molar-refractivity contribution in [2.75, 3.05) is 38.1 Å². The average Bonchev–Trinajstić information content (AvgIpc) is 3.54. The first kappa shape index (κ1) is 26.7.